The molecule has 0 heteroatoms. The fraction of sp³-hybridized carbons (Fsp3) is 0. The van der Waals surface area contributed by atoms with Gasteiger partial charge in [0, 0.05) is 0 Å². The largest absolute Gasteiger partial charge is 0.0616 e. The zero-order valence-electron chi connectivity index (χ0n) is 12.0. The van der Waals surface area contributed by atoms with Crippen LogP contribution in [-0.4, -0.2) is 0 Å². The Bertz CT molecular complexity index is 1170. The molecule has 0 N–H and O–H groups in total. The quantitative estimate of drug-likeness (QED) is 0.300. The predicted molar refractivity (Wildman–Crippen MR) is 95.3 cm³/mol. The maximum Gasteiger partial charge on any atom is -0.00266 e. The van der Waals surface area contributed by atoms with Crippen LogP contribution in [0.5, 0.6) is 0 Å². The van der Waals surface area contributed by atoms with Crippen LogP contribution < -0.4 is 0 Å². The molecule has 22 heavy (non-hydrogen) atoms. The summed E-state index contributed by atoms with van der Waals surface area (Å²) in [5.41, 5.74) is 0. The first-order valence-corrected chi connectivity index (χ1v) is 7.55. The van der Waals surface area contributed by atoms with Gasteiger partial charge in [0.2, 0.25) is 0 Å². The van der Waals surface area contributed by atoms with E-state index in [0.717, 1.165) is 0 Å². The molecule has 0 bridgehead atoms. The van der Waals surface area contributed by atoms with E-state index in [0.29, 0.717) is 0 Å². The van der Waals surface area contributed by atoms with Crippen molar-refractivity contribution in [3.8, 4) is 0 Å². The van der Waals surface area contributed by atoms with Crippen LogP contribution in [0.15, 0.2) is 78.9 Å². The molecule has 5 rings (SSSR count). The van der Waals surface area contributed by atoms with E-state index in [1.54, 1.807) is 0 Å². The summed E-state index contributed by atoms with van der Waals surface area (Å²) in [5.74, 6) is 0. The molecule has 101 valence electrons. The minimum Gasteiger partial charge on any atom is -0.0616 e. The summed E-state index contributed by atoms with van der Waals surface area (Å²) < 4.78 is 0. The summed E-state index contributed by atoms with van der Waals surface area (Å²) in [5, 5.41) is 10.3. The zero-order chi connectivity index (χ0) is 14.5. The number of fused-ring (bicyclic) bond motifs is 7. The second-order valence-electron chi connectivity index (χ2n) is 5.74. The topological polar surface area (TPSA) is 0 Å². The number of hydrogen-bond acceptors (Lipinski definition) is 0. The minimum absolute atomic E-state index is 1.18. The van der Waals surface area contributed by atoms with Crippen molar-refractivity contribution in [2.75, 3.05) is 0 Å². The van der Waals surface area contributed by atoms with Gasteiger partial charge < -0.3 is 0 Å². The van der Waals surface area contributed by atoms with Crippen molar-refractivity contribution in [3.63, 3.8) is 0 Å². The van der Waals surface area contributed by atoms with Crippen LogP contribution in [0.4, 0.5) is 0 Å². The van der Waals surface area contributed by atoms with Crippen molar-refractivity contribution in [1.29, 1.82) is 0 Å². The third-order valence-corrected chi connectivity index (χ3v) is 4.55. The van der Waals surface area contributed by atoms with Crippen molar-refractivity contribution in [3.05, 3.63) is 84.9 Å². The Labute approximate surface area is 128 Å². The second kappa shape index (κ2) is 4.32. The van der Waals surface area contributed by atoms with Gasteiger partial charge in [-0.05, 0) is 49.2 Å². The lowest BCUT2D eigenvalue weighted by Crippen LogP contribution is -1.82. The molecule has 0 heterocycles. The van der Waals surface area contributed by atoms with E-state index in [-0.39, 0.29) is 0 Å². The molecule has 5 aromatic rings. The molecule has 0 saturated carbocycles. The molecule has 0 aliphatic carbocycles. The molecular weight excluding hydrogens is 264 g/mol. The van der Waals surface area contributed by atoms with Crippen LogP contribution in [0.3, 0.4) is 0 Å². The summed E-state index contributed by atoms with van der Waals surface area (Å²) in [6.45, 7) is 0. The van der Waals surface area contributed by atoms with Gasteiger partial charge in [-0.25, -0.2) is 0 Å². The monoisotopic (exact) mass is 277 g/mol. The maximum absolute atomic E-state index is 3.33. The lowest BCUT2D eigenvalue weighted by Gasteiger charge is -2.10. The van der Waals surface area contributed by atoms with E-state index in [2.05, 4.69) is 78.9 Å². The molecule has 0 saturated heterocycles. The number of rotatable bonds is 0. The van der Waals surface area contributed by atoms with E-state index in [1.165, 1.54) is 43.1 Å². The van der Waals surface area contributed by atoms with Crippen molar-refractivity contribution >= 4 is 43.1 Å². The average Bonchev–Trinajstić information content (AvgIpc) is 2.60. The number of hydrogen-bond donors (Lipinski definition) is 0. The summed E-state index contributed by atoms with van der Waals surface area (Å²) in [6, 6.07) is 31.5. The minimum atomic E-state index is 1.18. The number of benzene rings is 5. The third-order valence-electron chi connectivity index (χ3n) is 4.55. The van der Waals surface area contributed by atoms with Gasteiger partial charge in [0.05, 0.1) is 0 Å². The highest BCUT2D eigenvalue weighted by Gasteiger charge is 2.07. The lowest BCUT2D eigenvalue weighted by atomic mass is 9.94. The van der Waals surface area contributed by atoms with Gasteiger partial charge >= 0.3 is 0 Å². The Morgan fingerprint density at radius 3 is 2.27 bits per heavy atom. The molecule has 1 radical (unpaired) electrons. The molecule has 0 aliphatic heterocycles. The van der Waals surface area contributed by atoms with Crippen LogP contribution in [0.1, 0.15) is 0 Å². The van der Waals surface area contributed by atoms with Crippen molar-refractivity contribution in [2.45, 2.75) is 0 Å². The highest BCUT2D eigenvalue weighted by molar-refractivity contribution is 6.24. The Kier molecular flexibility index (Phi) is 2.31. The summed E-state index contributed by atoms with van der Waals surface area (Å²) >= 11 is 0. The normalized spacial score (nSPS) is 11.6. The Morgan fingerprint density at radius 2 is 1.27 bits per heavy atom. The smallest absolute Gasteiger partial charge is 0.00266 e. The van der Waals surface area contributed by atoms with Gasteiger partial charge in [-0.2, -0.15) is 0 Å². The van der Waals surface area contributed by atoms with E-state index in [4.69, 9.17) is 0 Å². The first-order valence-electron chi connectivity index (χ1n) is 7.55. The van der Waals surface area contributed by atoms with Gasteiger partial charge in [-0.15, -0.1) is 0 Å². The van der Waals surface area contributed by atoms with Crippen LogP contribution in [-0.2, 0) is 0 Å². The molecule has 0 aromatic heterocycles. The van der Waals surface area contributed by atoms with Gasteiger partial charge in [0.1, 0.15) is 0 Å². The van der Waals surface area contributed by atoms with Crippen LogP contribution in [0, 0.1) is 6.07 Å². The fourth-order valence-electron chi connectivity index (χ4n) is 3.52. The molecule has 0 nitrogen and oxygen atoms in total. The van der Waals surface area contributed by atoms with E-state index < -0.39 is 0 Å². The average molecular weight is 277 g/mol. The molecule has 5 aromatic carbocycles. The molecule has 0 aliphatic rings. The van der Waals surface area contributed by atoms with Crippen LogP contribution in [0.2, 0.25) is 0 Å². The second-order valence-corrected chi connectivity index (χ2v) is 5.74. The molecule has 0 spiro atoms. The van der Waals surface area contributed by atoms with Crippen molar-refractivity contribution < 1.29 is 0 Å². The van der Waals surface area contributed by atoms with E-state index >= 15 is 0 Å². The Morgan fingerprint density at radius 1 is 0.500 bits per heavy atom. The maximum atomic E-state index is 3.33. The van der Waals surface area contributed by atoms with E-state index in [9.17, 15) is 0 Å². The molecule has 0 amide bonds. The van der Waals surface area contributed by atoms with Crippen molar-refractivity contribution in [2.24, 2.45) is 0 Å². The van der Waals surface area contributed by atoms with Gasteiger partial charge in [0.15, 0.2) is 0 Å². The van der Waals surface area contributed by atoms with Gasteiger partial charge in [0.25, 0.3) is 0 Å². The van der Waals surface area contributed by atoms with Crippen LogP contribution >= 0.6 is 0 Å². The summed E-state index contributed by atoms with van der Waals surface area (Å²) in [6.07, 6.45) is 0. The Balaban J connectivity index is 2.11. The molecule has 0 fully saturated rings. The standard InChI is InChI=1S/C22H13/c1-3-7-18-15(5-1)11-14-21-20(18)13-12-17-10-9-16-6-2-4-8-19(16)22(17)21/h1-4,6-14H. The van der Waals surface area contributed by atoms with Gasteiger partial charge in [-0.3, -0.25) is 0 Å². The van der Waals surface area contributed by atoms with Crippen molar-refractivity contribution in [1.82, 2.24) is 0 Å². The fourth-order valence-corrected chi connectivity index (χ4v) is 3.52. The lowest BCUT2D eigenvalue weighted by molar-refractivity contribution is 1.77. The molecule has 0 atom stereocenters. The Hall–Kier alpha value is -2.86. The van der Waals surface area contributed by atoms with Gasteiger partial charge in [-0.1, -0.05) is 78.9 Å². The predicted octanol–water partition coefficient (Wildman–Crippen LogP) is 6.10. The highest BCUT2D eigenvalue weighted by atomic mass is 14.1. The summed E-state index contributed by atoms with van der Waals surface area (Å²) in [4.78, 5) is 0. The zero-order valence-corrected chi connectivity index (χ0v) is 12.0. The van der Waals surface area contributed by atoms with Crippen LogP contribution in [0.25, 0.3) is 43.1 Å². The van der Waals surface area contributed by atoms with E-state index in [1.807, 2.05) is 6.07 Å². The molecular formula is C22H13. The first-order chi connectivity index (χ1) is 10.9. The third kappa shape index (κ3) is 1.52. The SMILES string of the molecule is [c]1cccc2c1ccc1c2ccc2ccc3ccccc3c21. The molecule has 0 unspecified atom stereocenters. The highest BCUT2D eigenvalue weighted by Crippen LogP contribution is 2.35. The summed E-state index contributed by atoms with van der Waals surface area (Å²) in [7, 11) is 0. The first kappa shape index (κ1) is 11.8.